The molecule has 1 unspecified atom stereocenters. The summed E-state index contributed by atoms with van der Waals surface area (Å²) >= 11 is 3.61. The highest BCUT2D eigenvalue weighted by Gasteiger charge is 2.24. The number of carbonyl (C=O) groups is 1. The molecule has 134 valence electrons. The Balaban J connectivity index is 1.74. The number of amides is 1. The van der Waals surface area contributed by atoms with E-state index in [-0.39, 0.29) is 17.8 Å². The molecular weight excluding hydrogens is 398 g/mol. The van der Waals surface area contributed by atoms with Crippen LogP contribution in [0, 0.1) is 0 Å². The molecule has 1 fully saturated rings. The van der Waals surface area contributed by atoms with E-state index >= 15 is 0 Å². The standard InChI is InChI=1S/C17H18BrN7O/c18-11-7-22-15-13(14(11)25-6-1-3-10(19)9-25)12(8-23-15)24-17(26)16-20-4-2-5-21-16/h2,4-5,7-8,10H,1,3,6,9,19H2,(H,22,23)(H,24,26). The van der Waals surface area contributed by atoms with E-state index in [1.54, 1.807) is 18.5 Å². The zero-order chi connectivity index (χ0) is 18.1. The third kappa shape index (κ3) is 3.15. The first kappa shape index (κ1) is 16.9. The van der Waals surface area contributed by atoms with E-state index in [0.717, 1.165) is 41.5 Å². The number of H-pyrrole nitrogens is 1. The van der Waals surface area contributed by atoms with Gasteiger partial charge in [0, 0.05) is 43.9 Å². The Morgan fingerprint density at radius 3 is 2.92 bits per heavy atom. The largest absolute Gasteiger partial charge is 0.368 e. The maximum Gasteiger partial charge on any atom is 0.293 e. The Morgan fingerprint density at radius 2 is 2.15 bits per heavy atom. The van der Waals surface area contributed by atoms with Crippen molar-refractivity contribution in [2.45, 2.75) is 18.9 Å². The number of rotatable bonds is 3. The smallest absolute Gasteiger partial charge is 0.293 e. The van der Waals surface area contributed by atoms with E-state index in [1.807, 2.05) is 0 Å². The molecule has 1 amide bonds. The third-order valence-electron chi connectivity index (χ3n) is 4.42. The van der Waals surface area contributed by atoms with Gasteiger partial charge in [-0.15, -0.1) is 0 Å². The predicted molar refractivity (Wildman–Crippen MR) is 103 cm³/mol. The third-order valence-corrected chi connectivity index (χ3v) is 5.00. The molecule has 26 heavy (non-hydrogen) atoms. The number of hydrogen-bond donors (Lipinski definition) is 3. The quantitative estimate of drug-likeness (QED) is 0.604. The van der Waals surface area contributed by atoms with Gasteiger partial charge >= 0.3 is 0 Å². The number of anilines is 2. The second kappa shape index (κ2) is 7.00. The predicted octanol–water partition coefficient (Wildman–Crippen LogP) is 2.30. The zero-order valence-electron chi connectivity index (χ0n) is 13.9. The van der Waals surface area contributed by atoms with Crippen LogP contribution in [0.1, 0.15) is 23.5 Å². The molecule has 0 saturated carbocycles. The average molecular weight is 416 g/mol. The summed E-state index contributed by atoms with van der Waals surface area (Å²) < 4.78 is 0.866. The normalized spacial score (nSPS) is 17.5. The highest BCUT2D eigenvalue weighted by Crippen LogP contribution is 2.38. The number of aromatic nitrogens is 4. The fourth-order valence-electron chi connectivity index (χ4n) is 3.27. The first-order valence-electron chi connectivity index (χ1n) is 8.38. The van der Waals surface area contributed by atoms with Crippen LogP contribution in [0.25, 0.3) is 11.0 Å². The monoisotopic (exact) mass is 415 g/mol. The van der Waals surface area contributed by atoms with E-state index < -0.39 is 0 Å². The molecule has 0 bridgehead atoms. The molecule has 1 aliphatic heterocycles. The lowest BCUT2D eigenvalue weighted by Crippen LogP contribution is -2.43. The van der Waals surface area contributed by atoms with Crippen molar-refractivity contribution in [3.05, 3.63) is 41.2 Å². The van der Waals surface area contributed by atoms with E-state index in [4.69, 9.17) is 5.73 Å². The van der Waals surface area contributed by atoms with E-state index in [1.165, 1.54) is 12.4 Å². The second-order valence-corrected chi connectivity index (χ2v) is 7.11. The summed E-state index contributed by atoms with van der Waals surface area (Å²) in [6, 6.07) is 1.80. The molecule has 3 aromatic heterocycles. The van der Waals surface area contributed by atoms with Gasteiger partial charge in [0.05, 0.1) is 21.2 Å². The van der Waals surface area contributed by atoms with Crippen molar-refractivity contribution in [2.75, 3.05) is 23.3 Å². The number of nitrogens with two attached hydrogens (primary N) is 1. The lowest BCUT2D eigenvalue weighted by molar-refractivity contribution is 0.101. The highest BCUT2D eigenvalue weighted by molar-refractivity contribution is 9.10. The number of hydrogen-bond acceptors (Lipinski definition) is 6. The van der Waals surface area contributed by atoms with Gasteiger partial charge in [0.25, 0.3) is 5.91 Å². The molecule has 3 aromatic rings. The molecule has 1 saturated heterocycles. The van der Waals surface area contributed by atoms with Crippen LogP contribution >= 0.6 is 15.9 Å². The van der Waals surface area contributed by atoms with Crippen LogP contribution < -0.4 is 16.0 Å². The minimum atomic E-state index is -0.368. The second-order valence-electron chi connectivity index (χ2n) is 6.26. The SMILES string of the molecule is NC1CCCN(c2c(Br)cnc3[nH]cc(NC(=O)c4ncccn4)c23)C1. The van der Waals surface area contributed by atoms with E-state index in [9.17, 15) is 4.79 Å². The number of aromatic amines is 1. The summed E-state index contributed by atoms with van der Waals surface area (Å²) in [5.74, 6) is -0.251. The summed E-state index contributed by atoms with van der Waals surface area (Å²) in [5, 5.41) is 3.73. The van der Waals surface area contributed by atoms with Crippen molar-refractivity contribution < 1.29 is 4.79 Å². The van der Waals surface area contributed by atoms with Crippen LogP contribution in [-0.4, -0.2) is 45.0 Å². The van der Waals surface area contributed by atoms with Crippen LogP contribution in [0.3, 0.4) is 0 Å². The van der Waals surface area contributed by atoms with Crippen molar-refractivity contribution in [1.29, 1.82) is 0 Å². The maximum absolute atomic E-state index is 12.5. The number of halogens is 1. The molecule has 0 aromatic carbocycles. The fourth-order valence-corrected chi connectivity index (χ4v) is 3.82. The van der Waals surface area contributed by atoms with Gasteiger partial charge in [0.15, 0.2) is 0 Å². The topological polar surface area (TPSA) is 113 Å². The molecule has 4 N–H and O–H groups in total. The molecule has 1 aliphatic rings. The summed E-state index contributed by atoms with van der Waals surface area (Å²) in [6.07, 6.45) is 8.62. The van der Waals surface area contributed by atoms with Crippen LogP contribution in [0.5, 0.6) is 0 Å². The van der Waals surface area contributed by atoms with E-state index in [2.05, 4.69) is 46.1 Å². The minimum Gasteiger partial charge on any atom is -0.368 e. The van der Waals surface area contributed by atoms with Crippen molar-refractivity contribution in [3.8, 4) is 0 Å². The summed E-state index contributed by atoms with van der Waals surface area (Å²) in [5.41, 5.74) is 8.48. The Hall–Kier alpha value is -2.52. The van der Waals surface area contributed by atoms with Crippen molar-refractivity contribution in [3.63, 3.8) is 0 Å². The van der Waals surface area contributed by atoms with Crippen LogP contribution in [0.15, 0.2) is 35.3 Å². The lowest BCUT2D eigenvalue weighted by atomic mass is 10.1. The number of nitrogens with one attached hydrogen (secondary N) is 2. The first-order valence-corrected chi connectivity index (χ1v) is 9.17. The van der Waals surface area contributed by atoms with Crippen LogP contribution in [0.4, 0.5) is 11.4 Å². The molecule has 4 heterocycles. The van der Waals surface area contributed by atoms with Gasteiger partial charge in [-0.1, -0.05) is 0 Å². The van der Waals surface area contributed by atoms with E-state index in [0.29, 0.717) is 11.3 Å². The molecule has 0 aliphatic carbocycles. The number of fused-ring (bicyclic) bond motifs is 1. The minimum absolute atomic E-state index is 0.117. The molecule has 0 radical (unpaired) electrons. The molecule has 9 heteroatoms. The molecule has 4 rings (SSSR count). The zero-order valence-corrected chi connectivity index (χ0v) is 15.5. The first-order chi connectivity index (χ1) is 12.6. The summed E-state index contributed by atoms with van der Waals surface area (Å²) in [6.45, 7) is 1.67. The van der Waals surface area contributed by atoms with Gasteiger partial charge < -0.3 is 20.9 Å². The van der Waals surface area contributed by atoms with Crippen LogP contribution in [-0.2, 0) is 0 Å². The van der Waals surface area contributed by atoms with Crippen LogP contribution in [0.2, 0.25) is 0 Å². The number of pyridine rings is 1. The van der Waals surface area contributed by atoms with Gasteiger partial charge in [0.2, 0.25) is 5.82 Å². The number of nitrogens with zero attached hydrogens (tertiary/aromatic N) is 4. The Labute approximate surface area is 158 Å². The Kier molecular flexibility index (Phi) is 4.56. The Morgan fingerprint density at radius 1 is 1.35 bits per heavy atom. The number of carbonyl (C=O) groups excluding carboxylic acids is 1. The molecular formula is C17H18BrN7O. The van der Waals surface area contributed by atoms with Crippen molar-refractivity contribution >= 4 is 44.2 Å². The van der Waals surface area contributed by atoms with Crippen molar-refractivity contribution in [1.82, 2.24) is 19.9 Å². The molecule has 1 atom stereocenters. The lowest BCUT2D eigenvalue weighted by Gasteiger charge is -2.33. The summed E-state index contributed by atoms with van der Waals surface area (Å²) in [7, 11) is 0. The Bertz CT molecular complexity index is 943. The number of piperidine rings is 1. The highest BCUT2D eigenvalue weighted by atomic mass is 79.9. The maximum atomic E-state index is 12.5. The molecule has 0 spiro atoms. The van der Waals surface area contributed by atoms with Gasteiger partial charge in [-0.25, -0.2) is 15.0 Å². The fraction of sp³-hybridized carbons (Fsp3) is 0.294. The van der Waals surface area contributed by atoms with Gasteiger partial charge in [-0.3, -0.25) is 4.79 Å². The summed E-state index contributed by atoms with van der Waals surface area (Å²) in [4.78, 5) is 30.2. The molecule has 8 nitrogen and oxygen atoms in total. The van der Waals surface area contributed by atoms with Crippen molar-refractivity contribution in [2.24, 2.45) is 5.73 Å². The van der Waals surface area contributed by atoms with Gasteiger partial charge in [-0.05, 0) is 34.8 Å². The van der Waals surface area contributed by atoms with Gasteiger partial charge in [0.1, 0.15) is 5.65 Å². The average Bonchev–Trinajstić information content (AvgIpc) is 3.05. The van der Waals surface area contributed by atoms with Gasteiger partial charge in [-0.2, -0.15) is 0 Å².